The first kappa shape index (κ1) is 14.2. The molecule has 1 unspecified atom stereocenters. The molecule has 0 bridgehead atoms. The summed E-state index contributed by atoms with van der Waals surface area (Å²) in [7, 11) is 0. The zero-order chi connectivity index (χ0) is 14.8. The van der Waals surface area contributed by atoms with E-state index in [-0.39, 0.29) is 17.6 Å². The number of benzene rings is 1. The molecule has 21 heavy (non-hydrogen) atoms. The van der Waals surface area contributed by atoms with Crippen molar-refractivity contribution in [2.45, 2.75) is 23.8 Å². The van der Waals surface area contributed by atoms with Gasteiger partial charge in [0.2, 0.25) is 0 Å². The molecule has 0 fully saturated rings. The molecule has 1 aromatic heterocycles. The van der Waals surface area contributed by atoms with Gasteiger partial charge in [0.15, 0.2) is 0 Å². The van der Waals surface area contributed by atoms with Crippen LogP contribution in [0.5, 0.6) is 0 Å². The van der Waals surface area contributed by atoms with Gasteiger partial charge < -0.3 is 5.32 Å². The minimum absolute atomic E-state index is 0.141. The number of alkyl halides is 2. The number of anilines is 1. The highest BCUT2D eigenvalue weighted by molar-refractivity contribution is 7.99. The Labute approximate surface area is 124 Å². The lowest BCUT2D eigenvalue weighted by atomic mass is 10.0. The predicted octanol–water partition coefficient (Wildman–Crippen LogP) is 4.20. The molecule has 1 atom stereocenters. The summed E-state index contributed by atoms with van der Waals surface area (Å²) >= 11 is 1.66. The zero-order valence-electron chi connectivity index (χ0n) is 10.9. The third-order valence-electron chi connectivity index (χ3n) is 3.25. The predicted molar refractivity (Wildman–Crippen MR) is 75.1 cm³/mol. The molecule has 0 amide bonds. The van der Waals surface area contributed by atoms with Crippen molar-refractivity contribution < 1.29 is 13.2 Å². The van der Waals surface area contributed by atoms with Crippen LogP contribution >= 0.6 is 11.8 Å². The van der Waals surface area contributed by atoms with E-state index in [4.69, 9.17) is 0 Å². The average molecular weight is 311 g/mol. The fourth-order valence-electron chi connectivity index (χ4n) is 2.26. The largest absolute Gasteiger partial charge is 0.363 e. The van der Waals surface area contributed by atoms with Crippen molar-refractivity contribution in [3.05, 3.63) is 47.7 Å². The minimum atomic E-state index is -2.64. The number of aromatic nitrogens is 2. The van der Waals surface area contributed by atoms with E-state index in [0.717, 1.165) is 29.0 Å². The van der Waals surface area contributed by atoms with Gasteiger partial charge in [0.1, 0.15) is 23.7 Å². The lowest BCUT2D eigenvalue weighted by molar-refractivity contribution is 0.146. The summed E-state index contributed by atoms with van der Waals surface area (Å²) in [4.78, 5) is 8.48. The average Bonchev–Trinajstić information content (AvgIpc) is 2.48. The third kappa shape index (κ3) is 3.12. The van der Waals surface area contributed by atoms with E-state index < -0.39 is 6.43 Å². The van der Waals surface area contributed by atoms with Crippen LogP contribution in [-0.2, 0) is 0 Å². The third-order valence-corrected chi connectivity index (χ3v) is 4.37. The molecular formula is C14H12F3N3S. The van der Waals surface area contributed by atoms with Crippen molar-refractivity contribution in [3.8, 4) is 0 Å². The molecule has 7 heteroatoms. The second-order valence-electron chi connectivity index (χ2n) is 4.65. The maximum atomic E-state index is 13.4. The summed E-state index contributed by atoms with van der Waals surface area (Å²) < 4.78 is 38.7. The van der Waals surface area contributed by atoms with Gasteiger partial charge >= 0.3 is 0 Å². The highest BCUT2D eigenvalue weighted by atomic mass is 32.2. The molecule has 1 aliphatic rings. The van der Waals surface area contributed by atoms with E-state index in [0.29, 0.717) is 5.82 Å². The molecule has 1 aromatic carbocycles. The molecule has 3 nitrogen and oxygen atoms in total. The fraction of sp³-hybridized carbons (Fsp3) is 0.286. The summed E-state index contributed by atoms with van der Waals surface area (Å²) in [6.07, 6.45) is -0.761. The normalized spacial score (nSPS) is 17.6. The van der Waals surface area contributed by atoms with Crippen LogP contribution in [0.15, 0.2) is 35.5 Å². The van der Waals surface area contributed by atoms with Crippen LogP contribution in [0.2, 0.25) is 0 Å². The van der Waals surface area contributed by atoms with Crippen molar-refractivity contribution >= 4 is 17.6 Å². The number of fused-ring (bicyclic) bond motifs is 1. The van der Waals surface area contributed by atoms with Crippen LogP contribution in [0.1, 0.15) is 30.1 Å². The standard InChI is InChI=1S/C14H12F3N3S/c15-8-1-2-12-9(5-8)10(3-4-21-12)20-13-6-11(14(16)17)18-7-19-13/h1-2,5-7,10,14H,3-4H2,(H,18,19,20). The number of nitrogens with zero attached hydrogens (tertiary/aromatic N) is 2. The molecule has 0 saturated heterocycles. The van der Waals surface area contributed by atoms with Crippen molar-refractivity contribution in [3.63, 3.8) is 0 Å². The van der Waals surface area contributed by atoms with Crippen LogP contribution in [-0.4, -0.2) is 15.7 Å². The quantitative estimate of drug-likeness (QED) is 0.922. The number of nitrogens with one attached hydrogen (secondary N) is 1. The van der Waals surface area contributed by atoms with Crippen molar-refractivity contribution in [1.29, 1.82) is 0 Å². The van der Waals surface area contributed by atoms with Gasteiger partial charge in [0.05, 0.1) is 6.04 Å². The van der Waals surface area contributed by atoms with Gasteiger partial charge in [-0.25, -0.2) is 23.1 Å². The van der Waals surface area contributed by atoms with Gasteiger partial charge in [-0.3, -0.25) is 0 Å². The van der Waals surface area contributed by atoms with Crippen LogP contribution in [0.4, 0.5) is 19.0 Å². The second kappa shape index (κ2) is 5.93. The van der Waals surface area contributed by atoms with Gasteiger partial charge in [0.25, 0.3) is 6.43 Å². The first-order chi connectivity index (χ1) is 10.1. The lowest BCUT2D eigenvalue weighted by Gasteiger charge is -2.26. The molecule has 2 aromatic rings. The molecule has 1 aliphatic heterocycles. The Hall–Kier alpha value is -1.76. The Morgan fingerprint density at radius 3 is 2.90 bits per heavy atom. The number of rotatable bonds is 3. The van der Waals surface area contributed by atoms with E-state index in [9.17, 15) is 13.2 Å². The van der Waals surface area contributed by atoms with Gasteiger partial charge in [-0.1, -0.05) is 0 Å². The van der Waals surface area contributed by atoms with Crippen LogP contribution in [0.25, 0.3) is 0 Å². The fourth-order valence-corrected chi connectivity index (χ4v) is 3.37. The van der Waals surface area contributed by atoms with Gasteiger partial charge in [-0.15, -0.1) is 11.8 Å². The minimum Gasteiger partial charge on any atom is -0.363 e. The van der Waals surface area contributed by atoms with Gasteiger partial charge in [-0.05, 0) is 30.2 Å². The summed E-state index contributed by atoms with van der Waals surface area (Å²) in [5, 5.41) is 3.10. The molecule has 0 radical (unpaired) electrons. The first-order valence-electron chi connectivity index (χ1n) is 6.42. The molecular weight excluding hydrogens is 299 g/mol. The maximum Gasteiger partial charge on any atom is 0.280 e. The molecule has 1 N–H and O–H groups in total. The number of halogens is 3. The van der Waals surface area contributed by atoms with Crippen LogP contribution in [0, 0.1) is 5.82 Å². The second-order valence-corrected chi connectivity index (χ2v) is 5.78. The smallest absolute Gasteiger partial charge is 0.280 e. The molecule has 110 valence electrons. The summed E-state index contributed by atoms with van der Waals surface area (Å²) in [5.74, 6) is 0.898. The SMILES string of the molecule is Fc1ccc2c(c1)C(Nc1cc(C(F)F)ncn1)CCS2. The molecule has 3 rings (SSSR count). The van der Waals surface area contributed by atoms with E-state index >= 15 is 0 Å². The summed E-state index contributed by atoms with van der Waals surface area (Å²) in [5.41, 5.74) is 0.514. The molecule has 2 heterocycles. The monoisotopic (exact) mass is 311 g/mol. The van der Waals surface area contributed by atoms with Crippen molar-refractivity contribution in [1.82, 2.24) is 9.97 Å². The Balaban J connectivity index is 1.86. The Morgan fingerprint density at radius 2 is 2.10 bits per heavy atom. The van der Waals surface area contributed by atoms with Gasteiger partial charge in [-0.2, -0.15) is 0 Å². The first-order valence-corrected chi connectivity index (χ1v) is 7.41. The van der Waals surface area contributed by atoms with Crippen molar-refractivity contribution in [2.75, 3.05) is 11.1 Å². The topological polar surface area (TPSA) is 37.8 Å². The molecule has 0 aliphatic carbocycles. The maximum absolute atomic E-state index is 13.4. The van der Waals surface area contributed by atoms with Crippen LogP contribution < -0.4 is 5.32 Å². The Morgan fingerprint density at radius 1 is 1.24 bits per heavy atom. The highest BCUT2D eigenvalue weighted by Crippen LogP contribution is 2.38. The van der Waals surface area contributed by atoms with E-state index in [1.807, 2.05) is 0 Å². The lowest BCUT2D eigenvalue weighted by Crippen LogP contribution is -2.17. The number of thioether (sulfide) groups is 1. The molecule has 0 saturated carbocycles. The Kier molecular flexibility index (Phi) is 4.01. The van der Waals surface area contributed by atoms with E-state index in [2.05, 4.69) is 15.3 Å². The van der Waals surface area contributed by atoms with E-state index in [1.165, 1.54) is 18.2 Å². The van der Waals surface area contributed by atoms with Crippen LogP contribution in [0.3, 0.4) is 0 Å². The van der Waals surface area contributed by atoms with Crippen molar-refractivity contribution in [2.24, 2.45) is 0 Å². The molecule has 0 spiro atoms. The van der Waals surface area contributed by atoms with E-state index in [1.54, 1.807) is 17.8 Å². The number of hydrogen-bond acceptors (Lipinski definition) is 4. The Bertz CT molecular complexity index is 651. The summed E-state index contributed by atoms with van der Waals surface area (Å²) in [6.45, 7) is 0. The van der Waals surface area contributed by atoms with Gasteiger partial charge in [0, 0.05) is 16.7 Å². The number of hydrogen-bond donors (Lipinski definition) is 1. The zero-order valence-corrected chi connectivity index (χ0v) is 11.7. The highest BCUT2D eigenvalue weighted by Gasteiger charge is 2.22. The summed E-state index contributed by atoms with van der Waals surface area (Å²) in [6, 6.07) is 5.73.